The standard InChI is InChI=1S/C15H20N4O4/c1-3-6-19-12-11(14(21)18-15(19)22)8-10(9-17-12)13(20)16-5-7-23-4-2/h8-9H,3-7H2,1-2H3,(H,16,20)(H,18,21,22). The van der Waals surface area contributed by atoms with Crippen molar-refractivity contribution in [1.82, 2.24) is 19.9 Å². The van der Waals surface area contributed by atoms with Gasteiger partial charge in [-0.15, -0.1) is 0 Å². The number of H-pyrrole nitrogens is 1. The summed E-state index contributed by atoms with van der Waals surface area (Å²) < 4.78 is 6.54. The summed E-state index contributed by atoms with van der Waals surface area (Å²) in [6.45, 7) is 5.60. The Bertz CT molecular complexity index is 809. The molecule has 0 aliphatic carbocycles. The van der Waals surface area contributed by atoms with Crippen LogP contribution in [0.15, 0.2) is 21.9 Å². The van der Waals surface area contributed by atoms with Crippen LogP contribution in [0.3, 0.4) is 0 Å². The van der Waals surface area contributed by atoms with Crippen molar-refractivity contribution in [2.75, 3.05) is 19.8 Å². The van der Waals surface area contributed by atoms with Crippen LogP contribution in [0, 0.1) is 0 Å². The van der Waals surface area contributed by atoms with Crippen LogP contribution in [0.4, 0.5) is 0 Å². The fourth-order valence-corrected chi connectivity index (χ4v) is 2.21. The van der Waals surface area contributed by atoms with Gasteiger partial charge in [-0.2, -0.15) is 0 Å². The number of nitrogens with one attached hydrogen (secondary N) is 2. The van der Waals surface area contributed by atoms with E-state index in [0.29, 0.717) is 26.3 Å². The highest BCUT2D eigenvalue weighted by atomic mass is 16.5. The van der Waals surface area contributed by atoms with Gasteiger partial charge in [0.2, 0.25) is 0 Å². The number of fused-ring (bicyclic) bond motifs is 1. The molecule has 0 fully saturated rings. The Morgan fingerprint density at radius 3 is 2.87 bits per heavy atom. The third-order valence-corrected chi connectivity index (χ3v) is 3.28. The summed E-state index contributed by atoms with van der Waals surface area (Å²) >= 11 is 0. The second-order valence-corrected chi connectivity index (χ2v) is 4.96. The second-order valence-electron chi connectivity index (χ2n) is 4.96. The third-order valence-electron chi connectivity index (χ3n) is 3.28. The zero-order valence-electron chi connectivity index (χ0n) is 13.2. The van der Waals surface area contributed by atoms with Gasteiger partial charge in [0.05, 0.1) is 17.6 Å². The summed E-state index contributed by atoms with van der Waals surface area (Å²) in [5.74, 6) is -0.341. The molecular weight excluding hydrogens is 300 g/mol. The highest BCUT2D eigenvalue weighted by Crippen LogP contribution is 2.08. The first kappa shape index (κ1) is 16.9. The van der Waals surface area contributed by atoms with Crippen LogP contribution in [0.25, 0.3) is 11.0 Å². The second kappa shape index (κ2) is 7.68. The Morgan fingerprint density at radius 1 is 1.39 bits per heavy atom. The van der Waals surface area contributed by atoms with Crippen LogP contribution in [0.5, 0.6) is 0 Å². The SMILES string of the molecule is CCCn1c(=O)[nH]c(=O)c2cc(C(=O)NCCOCC)cnc21. The summed E-state index contributed by atoms with van der Waals surface area (Å²) in [4.78, 5) is 42.3. The molecule has 2 N–H and O–H groups in total. The van der Waals surface area contributed by atoms with E-state index in [1.165, 1.54) is 16.8 Å². The number of carbonyl (C=O) groups excluding carboxylic acids is 1. The number of rotatable bonds is 7. The average Bonchev–Trinajstić information content (AvgIpc) is 2.55. The maximum Gasteiger partial charge on any atom is 0.329 e. The van der Waals surface area contributed by atoms with Crippen LogP contribution in [-0.4, -0.2) is 40.2 Å². The third kappa shape index (κ3) is 3.84. The van der Waals surface area contributed by atoms with E-state index in [0.717, 1.165) is 6.42 Å². The van der Waals surface area contributed by atoms with Gasteiger partial charge in [0.25, 0.3) is 11.5 Å². The number of aromatic amines is 1. The van der Waals surface area contributed by atoms with Crippen molar-refractivity contribution in [2.24, 2.45) is 0 Å². The van der Waals surface area contributed by atoms with E-state index >= 15 is 0 Å². The number of hydrogen-bond donors (Lipinski definition) is 2. The number of aromatic nitrogens is 3. The first-order valence-electron chi connectivity index (χ1n) is 7.57. The Labute approximate surface area is 132 Å². The van der Waals surface area contributed by atoms with Crippen molar-refractivity contribution in [3.05, 3.63) is 38.7 Å². The molecule has 0 aromatic carbocycles. The van der Waals surface area contributed by atoms with Crippen molar-refractivity contribution in [3.8, 4) is 0 Å². The first-order chi connectivity index (χ1) is 11.1. The molecule has 8 nitrogen and oxygen atoms in total. The van der Waals surface area contributed by atoms with Gasteiger partial charge >= 0.3 is 5.69 Å². The van der Waals surface area contributed by atoms with Gasteiger partial charge in [0, 0.05) is 25.9 Å². The minimum Gasteiger partial charge on any atom is -0.380 e. The average molecular weight is 320 g/mol. The van der Waals surface area contributed by atoms with E-state index in [9.17, 15) is 14.4 Å². The number of nitrogens with zero attached hydrogens (tertiary/aromatic N) is 2. The topological polar surface area (TPSA) is 106 Å². The highest BCUT2D eigenvalue weighted by Gasteiger charge is 2.12. The molecule has 0 bridgehead atoms. The van der Waals surface area contributed by atoms with E-state index < -0.39 is 11.2 Å². The number of carbonyl (C=O) groups is 1. The lowest BCUT2D eigenvalue weighted by molar-refractivity contribution is 0.0922. The lowest BCUT2D eigenvalue weighted by Gasteiger charge is -2.09. The van der Waals surface area contributed by atoms with Crippen molar-refractivity contribution in [3.63, 3.8) is 0 Å². The molecule has 0 aliphatic rings. The van der Waals surface area contributed by atoms with Crippen LogP contribution in [0.2, 0.25) is 0 Å². The molecule has 0 spiro atoms. The Kier molecular flexibility index (Phi) is 5.64. The number of aryl methyl sites for hydroxylation is 1. The molecule has 0 aliphatic heterocycles. The molecule has 23 heavy (non-hydrogen) atoms. The van der Waals surface area contributed by atoms with Crippen LogP contribution in [0.1, 0.15) is 30.6 Å². The van der Waals surface area contributed by atoms with Gasteiger partial charge in [0.1, 0.15) is 5.65 Å². The summed E-state index contributed by atoms with van der Waals surface area (Å²) in [6.07, 6.45) is 2.09. The molecule has 0 radical (unpaired) electrons. The molecule has 2 aromatic rings. The zero-order valence-corrected chi connectivity index (χ0v) is 13.2. The molecule has 0 saturated carbocycles. The molecule has 2 heterocycles. The number of ether oxygens (including phenoxy) is 1. The van der Waals surface area contributed by atoms with Crippen molar-refractivity contribution in [2.45, 2.75) is 26.8 Å². The summed E-state index contributed by atoms with van der Waals surface area (Å²) in [5.41, 5.74) is -0.493. The normalized spacial score (nSPS) is 10.9. The maximum atomic E-state index is 12.1. The van der Waals surface area contributed by atoms with Crippen molar-refractivity contribution >= 4 is 16.9 Å². The predicted molar refractivity (Wildman–Crippen MR) is 85.7 cm³/mol. The fourth-order valence-electron chi connectivity index (χ4n) is 2.21. The lowest BCUT2D eigenvalue weighted by Crippen LogP contribution is -2.32. The zero-order chi connectivity index (χ0) is 16.8. The Hall–Kier alpha value is -2.48. The molecule has 1 amide bonds. The fraction of sp³-hybridized carbons (Fsp3) is 0.467. The quantitative estimate of drug-likeness (QED) is 0.712. The van der Waals surface area contributed by atoms with E-state index in [2.05, 4.69) is 15.3 Å². The van der Waals surface area contributed by atoms with Gasteiger partial charge < -0.3 is 10.1 Å². The Morgan fingerprint density at radius 2 is 2.17 bits per heavy atom. The van der Waals surface area contributed by atoms with Crippen LogP contribution in [-0.2, 0) is 11.3 Å². The largest absolute Gasteiger partial charge is 0.380 e. The Balaban J connectivity index is 2.33. The number of amides is 1. The lowest BCUT2D eigenvalue weighted by atomic mass is 10.2. The number of pyridine rings is 1. The molecule has 0 atom stereocenters. The summed E-state index contributed by atoms with van der Waals surface area (Å²) in [5, 5.41) is 2.90. The highest BCUT2D eigenvalue weighted by molar-refractivity contribution is 5.96. The monoisotopic (exact) mass is 320 g/mol. The molecule has 2 rings (SSSR count). The first-order valence-corrected chi connectivity index (χ1v) is 7.57. The van der Waals surface area contributed by atoms with E-state index in [4.69, 9.17) is 4.74 Å². The predicted octanol–water partition coefficient (Wildman–Crippen LogP) is 0.261. The van der Waals surface area contributed by atoms with Crippen LogP contribution < -0.4 is 16.6 Å². The van der Waals surface area contributed by atoms with Gasteiger partial charge in [-0.3, -0.25) is 19.1 Å². The van der Waals surface area contributed by atoms with Gasteiger partial charge in [-0.25, -0.2) is 9.78 Å². The molecule has 0 unspecified atom stereocenters. The molecular formula is C15H20N4O4. The van der Waals surface area contributed by atoms with E-state index in [1.54, 1.807) is 0 Å². The van der Waals surface area contributed by atoms with Crippen molar-refractivity contribution in [1.29, 1.82) is 0 Å². The summed E-state index contributed by atoms with van der Waals surface area (Å²) in [6, 6.07) is 1.45. The molecule has 124 valence electrons. The van der Waals surface area contributed by atoms with Crippen LogP contribution >= 0.6 is 0 Å². The molecule has 2 aromatic heterocycles. The molecule has 8 heteroatoms. The minimum atomic E-state index is -0.547. The van der Waals surface area contributed by atoms with Gasteiger partial charge in [0.15, 0.2) is 0 Å². The van der Waals surface area contributed by atoms with Crippen molar-refractivity contribution < 1.29 is 9.53 Å². The molecule has 0 saturated heterocycles. The number of hydrogen-bond acceptors (Lipinski definition) is 5. The van der Waals surface area contributed by atoms with E-state index in [-0.39, 0.29) is 22.5 Å². The smallest absolute Gasteiger partial charge is 0.329 e. The van der Waals surface area contributed by atoms with E-state index in [1.807, 2.05) is 13.8 Å². The minimum absolute atomic E-state index is 0.218. The summed E-state index contributed by atoms with van der Waals surface area (Å²) in [7, 11) is 0. The van der Waals surface area contributed by atoms with Gasteiger partial charge in [-0.1, -0.05) is 6.92 Å². The maximum absolute atomic E-state index is 12.1. The van der Waals surface area contributed by atoms with Gasteiger partial charge in [-0.05, 0) is 19.4 Å².